The molecule has 2 aromatic carbocycles. The number of aryl methyl sites for hydroxylation is 1. The molecule has 0 amide bonds. The highest BCUT2D eigenvalue weighted by Gasteiger charge is 2.09. The Bertz CT molecular complexity index is 626. The van der Waals surface area contributed by atoms with Crippen molar-refractivity contribution < 1.29 is 13.9 Å². The maximum absolute atomic E-state index is 13.4. The molecule has 0 unspecified atom stereocenters. The minimum absolute atomic E-state index is 0.0438. The van der Waals surface area contributed by atoms with Crippen molar-refractivity contribution in [3.63, 3.8) is 0 Å². The molecular formula is C16H14BrFO2. The second-order valence-corrected chi connectivity index (χ2v) is 5.36. The topological polar surface area (TPSA) is 26.3 Å². The zero-order valence-corrected chi connectivity index (χ0v) is 12.6. The molecule has 2 rings (SSSR count). The molecule has 104 valence electrons. The summed E-state index contributed by atoms with van der Waals surface area (Å²) in [5.74, 6) is 0.114. The molecule has 0 saturated heterocycles. The Hall–Kier alpha value is -1.68. The molecule has 4 heteroatoms. The first-order valence-electron chi connectivity index (χ1n) is 6.20. The largest absolute Gasteiger partial charge is 0.486 e. The summed E-state index contributed by atoms with van der Waals surface area (Å²) < 4.78 is 19.8. The minimum Gasteiger partial charge on any atom is -0.486 e. The van der Waals surface area contributed by atoms with Crippen molar-refractivity contribution >= 4 is 21.7 Å². The summed E-state index contributed by atoms with van der Waals surface area (Å²) in [5.41, 5.74) is 1.43. The lowest BCUT2D eigenvalue weighted by atomic mass is 10.1. The SMILES string of the molecule is Cc1cc(OCC(=O)Cc2ccccc2F)ccc1Br. The third-order valence-electron chi connectivity index (χ3n) is 2.87. The number of carbonyl (C=O) groups excluding carboxylic acids is 1. The van der Waals surface area contributed by atoms with Gasteiger partial charge < -0.3 is 4.74 Å². The zero-order valence-electron chi connectivity index (χ0n) is 11.0. The summed E-state index contributed by atoms with van der Waals surface area (Å²) in [4.78, 5) is 11.8. The lowest BCUT2D eigenvalue weighted by Gasteiger charge is -2.07. The lowest BCUT2D eigenvalue weighted by molar-refractivity contribution is -0.120. The quantitative estimate of drug-likeness (QED) is 0.822. The van der Waals surface area contributed by atoms with Crippen LogP contribution in [0.4, 0.5) is 4.39 Å². The van der Waals surface area contributed by atoms with E-state index in [9.17, 15) is 9.18 Å². The first kappa shape index (κ1) is 14.7. The van der Waals surface area contributed by atoms with Crippen molar-refractivity contribution in [1.29, 1.82) is 0 Å². The molecule has 0 aromatic heterocycles. The van der Waals surface area contributed by atoms with E-state index < -0.39 is 0 Å². The van der Waals surface area contributed by atoms with E-state index in [0.717, 1.165) is 10.0 Å². The molecule has 0 fully saturated rings. The number of Topliss-reactive ketones (excluding diaryl/α,β-unsaturated/α-hetero) is 1. The number of ether oxygens (including phenoxy) is 1. The summed E-state index contributed by atoms with van der Waals surface area (Å²) in [6, 6.07) is 11.8. The Kier molecular flexibility index (Phi) is 4.90. The maximum atomic E-state index is 13.4. The molecule has 2 aromatic rings. The van der Waals surface area contributed by atoms with Crippen LogP contribution in [0.3, 0.4) is 0 Å². The molecule has 0 aliphatic heterocycles. The molecule has 0 spiro atoms. The van der Waals surface area contributed by atoms with Gasteiger partial charge in [0.2, 0.25) is 0 Å². The average molecular weight is 337 g/mol. The predicted molar refractivity (Wildman–Crippen MR) is 79.5 cm³/mol. The van der Waals surface area contributed by atoms with Gasteiger partial charge in [0.05, 0.1) is 0 Å². The van der Waals surface area contributed by atoms with Crippen LogP contribution in [-0.4, -0.2) is 12.4 Å². The molecule has 0 heterocycles. The Morgan fingerprint density at radius 1 is 1.25 bits per heavy atom. The van der Waals surface area contributed by atoms with Crippen molar-refractivity contribution in [2.75, 3.05) is 6.61 Å². The summed E-state index contributed by atoms with van der Waals surface area (Å²) >= 11 is 3.40. The number of ketones is 1. The second-order valence-electron chi connectivity index (χ2n) is 4.51. The molecule has 0 atom stereocenters. The van der Waals surface area contributed by atoms with E-state index in [2.05, 4.69) is 15.9 Å². The highest BCUT2D eigenvalue weighted by Crippen LogP contribution is 2.21. The summed E-state index contributed by atoms with van der Waals surface area (Å²) in [6.07, 6.45) is 0.0438. The van der Waals surface area contributed by atoms with Crippen molar-refractivity contribution in [1.82, 2.24) is 0 Å². The van der Waals surface area contributed by atoms with Gasteiger partial charge in [-0.25, -0.2) is 4.39 Å². The molecule has 0 saturated carbocycles. The number of carbonyl (C=O) groups is 1. The third-order valence-corrected chi connectivity index (χ3v) is 3.76. The number of benzene rings is 2. The fraction of sp³-hybridized carbons (Fsp3) is 0.188. The van der Waals surface area contributed by atoms with Crippen LogP contribution < -0.4 is 4.74 Å². The standard InChI is InChI=1S/C16H14BrFO2/c1-11-8-14(6-7-15(11)17)20-10-13(19)9-12-4-2-3-5-16(12)18/h2-8H,9-10H2,1H3. The summed E-state index contributed by atoms with van der Waals surface area (Å²) in [7, 11) is 0. The van der Waals surface area contributed by atoms with Gasteiger partial charge in [-0.15, -0.1) is 0 Å². The van der Waals surface area contributed by atoms with Gasteiger partial charge in [0.1, 0.15) is 18.2 Å². The van der Waals surface area contributed by atoms with E-state index in [1.165, 1.54) is 6.07 Å². The Balaban J connectivity index is 1.92. The van der Waals surface area contributed by atoms with Gasteiger partial charge in [-0.1, -0.05) is 34.1 Å². The Morgan fingerprint density at radius 3 is 2.70 bits per heavy atom. The number of hydrogen-bond acceptors (Lipinski definition) is 2. The van der Waals surface area contributed by atoms with E-state index in [-0.39, 0.29) is 24.6 Å². The van der Waals surface area contributed by atoms with Crippen molar-refractivity contribution in [3.8, 4) is 5.75 Å². The van der Waals surface area contributed by atoms with Crippen LogP contribution in [0, 0.1) is 12.7 Å². The Labute approximate surface area is 125 Å². The Morgan fingerprint density at radius 2 is 2.00 bits per heavy atom. The van der Waals surface area contributed by atoms with Gasteiger partial charge in [0, 0.05) is 10.9 Å². The first-order chi connectivity index (χ1) is 9.56. The van der Waals surface area contributed by atoms with Crippen LogP contribution >= 0.6 is 15.9 Å². The van der Waals surface area contributed by atoms with E-state index >= 15 is 0 Å². The van der Waals surface area contributed by atoms with Crippen LogP contribution in [0.5, 0.6) is 5.75 Å². The molecule has 0 N–H and O–H groups in total. The highest BCUT2D eigenvalue weighted by molar-refractivity contribution is 9.10. The number of rotatable bonds is 5. The van der Waals surface area contributed by atoms with E-state index in [1.54, 1.807) is 24.3 Å². The molecule has 20 heavy (non-hydrogen) atoms. The minimum atomic E-state index is -0.361. The van der Waals surface area contributed by atoms with Crippen LogP contribution in [0.15, 0.2) is 46.9 Å². The molecule has 0 bridgehead atoms. The molecule has 0 aliphatic rings. The molecular weight excluding hydrogens is 323 g/mol. The van der Waals surface area contributed by atoms with Crippen LogP contribution in [0.25, 0.3) is 0 Å². The van der Waals surface area contributed by atoms with Gasteiger partial charge in [0.25, 0.3) is 0 Å². The van der Waals surface area contributed by atoms with Crippen LogP contribution in [0.1, 0.15) is 11.1 Å². The second kappa shape index (κ2) is 6.66. The summed E-state index contributed by atoms with van der Waals surface area (Å²) in [6.45, 7) is 1.88. The van der Waals surface area contributed by atoms with E-state index in [0.29, 0.717) is 11.3 Å². The third kappa shape index (κ3) is 3.90. The average Bonchev–Trinajstić information content (AvgIpc) is 2.43. The van der Waals surface area contributed by atoms with Crippen molar-refractivity contribution in [2.24, 2.45) is 0 Å². The van der Waals surface area contributed by atoms with Crippen molar-refractivity contribution in [3.05, 3.63) is 63.9 Å². The van der Waals surface area contributed by atoms with Gasteiger partial charge in [-0.2, -0.15) is 0 Å². The van der Waals surface area contributed by atoms with Gasteiger partial charge in [0.15, 0.2) is 5.78 Å². The molecule has 0 radical (unpaired) electrons. The highest BCUT2D eigenvalue weighted by atomic mass is 79.9. The van der Waals surface area contributed by atoms with Crippen LogP contribution in [0.2, 0.25) is 0 Å². The number of halogens is 2. The van der Waals surface area contributed by atoms with Crippen molar-refractivity contribution in [2.45, 2.75) is 13.3 Å². The lowest BCUT2D eigenvalue weighted by Crippen LogP contribution is -2.14. The normalized spacial score (nSPS) is 10.3. The first-order valence-corrected chi connectivity index (χ1v) is 6.99. The molecule has 2 nitrogen and oxygen atoms in total. The molecule has 0 aliphatic carbocycles. The summed E-state index contributed by atoms with van der Waals surface area (Å²) in [5, 5.41) is 0. The smallest absolute Gasteiger partial charge is 0.174 e. The monoisotopic (exact) mass is 336 g/mol. The van der Waals surface area contributed by atoms with Gasteiger partial charge >= 0.3 is 0 Å². The van der Waals surface area contributed by atoms with E-state index in [4.69, 9.17) is 4.74 Å². The van der Waals surface area contributed by atoms with E-state index in [1.807, 2.05) is 19.1 Å². The zero-order chi connectivity index (χ0) is 14.5. The fourth-order valence-corrected chi connectivity index (χ4v) is 2.02. The maximum Gasteiger partial charge on any atom is 0.174 e. The predicted octanol–water partition coefficient (Wildman–Crippen LogP) is 4.09. The fourth-order valence-electron chi connectivity index (χ4n) is 1.78. The van der Waals surface area contributed by atoms with Crippen LogP contribution in [-0.2, 0) is 11.2 Å². The van der Waals surface area contributed by atoms with Gasteiger partial charge in [-0.05, 0) is 42.3 Å². The van der Waals surface area contributed by atoms with Gasteiger partial charge in [-0.3, -0.25) is 4.79 Å². The number of hydrogen-bond donors (Lipinski definition) is 0.